The summed E-state index contributed by atoms with van der Waals surface area (Å²) in [5.41, 5.74) is 0. The van der Waals surface area contributed by atoms with Crippen molar-refractivity contribution in [1.29, 1.82) is 0 Å². The number of likely N-dealkylation sites (N-methyl/N-ethyl adjacent to an activating group) is 1. The number of nitrogens with zero attached hydrogens (tertiary/aromatic N) is 2. The minimum absolute atomic E-state index is 0.0444. The molecule has 7 heteroatoms. The number of carbonyl (C=O) groups excluding carboxylic acids is 2. The van der Waals surface area contributed by atoms with Gasteiger partial charge in [-0.2, -0.15) is 0 Å². The van der Waals surface area contributed by atoms with Gasteiger partial charge in [-0.1, -0.05) is 6.42 Å². The van der Waals surface area contributed by atoms with Crippen LogP contribution in [0.2, 0.25) is 0 Å². The summed E-state index contributed by atoms with van der Waals surface area (Å²) in [6.07, 6.45) is 2.85. The molecule has 1 heterocycles. The van der Waals surface area contributed by atoms with Crippen molar-refractivity contribution in [3.05, 3.63) is 0 Å². The zero-order valence-corrected chi connectivity index (χ0v) is 11.7. The quantitative estimate of drug-likeness (QED) is 0.758. The molecule has 0 radical (unpaired) electrons. The first-order chi connectivity index (χ1) is 9.45. The molecule has 2 fully saturated rings. The van der Waals surface area contributed by atoms with Crippen LogP contribution in [0.1, 0.15) is 19.3 Å². The Labute approximate surface area is 117 Å². The summed E-state index contributed by atoms with van der Waals surface area (Å²) in [5.74, 6) is -1.17. The SMILES string of the molecule is COC(=O)CN(C)C(=O)N1CC2CCCC2C1C(=O)O. The van der Waals surface area contributed by atoms with E-state index in [2.05, 4.69) is 4.74 Å². The number of methoxy groups -OCH3 is 1. The normalized spacial score (nSPS) is 28.1. The summed E-state index contributed by atoms with van der Waals surface area (Å²) in [6, 6.07) is -1.19. The minimum atomic E-state index is -0.959. The number of urea groups is 1. The van der Waals surface area contributed by atoms with Crippen LogP contribution in [0.5, 0.6) is 0 Å². The van der Waals surface area contributed by atoms with Gasteiger partial charge in [0.15, 0.2) is 0 Å². The van der Waals surface area contributed by atoms with Gasteiger partial charge in [0.25, 0.3) is 0 Å². The highest BCUT2D eigenvalue weighted by atomic mass is 16.5. The van der Waals surface area contributed by atoms with Crippen LogP contribution in [0.25, 0.3) is 0 Å². The van der Waals surface area contributed by atoms with E-state index in [0.717, 1.165) is 19.3 Å². The fourth-order valence-electron chi connectivity index (χ4n) is 3.36. The molecule has 0 aromatic rings. The van der Waals surface area contributed by atoms with Crippen LogP contribution in [0.15, 0.2) is 0 Å². The number of hydrogen-bond donors (Lipinski definition) is 1. The number of carboxylic acids is 1. The van der Waals surface area contributed by atoms with Crippen LogP contribution in [0.4, 0.5) is 4.79 Å². The van der Waals surface area contributed by atoms with Crippen LogP contribution in [-0.2, 0) is 14.3 Å². The molecule has 0 aromatic heterocycles. The molecule has 1 aliphatic heterocycles. The van der Waals surface area contributed by atoms with E-state index < -0.39 is 24.0 Å². The van der Waals surface area contributed by atoms with Gasteiger partial charge in [-0.3, -0.25) is 4.79 Å². The molecule has 2 aliphatic rings. The molecule has 2 rings (SSSR count). The van der Waals surface area contributed by atoms with Crippen molar-refractivity contribution in [2.24, 2.45) is 11.8 Å². The highest BCUT2D eigenvalue weighted by molar-refractivity contribution is 5.86. The second-order valence-electron chi connectivity index (χ2n) is 5.51. The number of carbonyl (C=O) groups is 3. The molecule has 3 atom stereocenters. The number of hydrogen-bond acceptors (Lipinski definition) is 4. The Morgan fingerprint density at radius 3 is 2.65 bits per heavy atom. The second kappa shape index (κ2) is 5.68. The number of aliphatic carboxylic acids is 1. The standard InChI is InChI=1S/C13H20N2O5/c1-14(7-10(16)20-2)13(19)15-6-8-4-3-5-9(8)11(15)12(17)18/h8-9,11H,3-7H2,1-2H3,(H,17,18). The Balaban J connectivity index is 2.08. The fraction of sp³-hybridized carbons (Fsp3) is 0.769. The predicted octanol–water partition coefficient (Wildman–Crippen LogP) is 0.396. The average molecular weight is 284 g/mol. The van der Waals surface area contributed by atoms with Crippen LogP contribution < -0.4 is 0 Å². The van der Waals surface area contributed by atoms with Gasteiger partial charge in [0.1, 0.15) is 12.6 Å². The number of esters is 1. The lowest BCUT2D eigenvalue weighted by Gasteiger charge is -2.28. The molecule has 0 aromatic carbocycles. The van der Waals surface area contributed by atoms with E-state index in [1.165, 1.54) is 24.0 Å². The van der Waals surface area contributed by atoms with Crippen molar-refractivity contribution < 1.29 is 24.2 Å². The average Bonchev–Trinajstić information content (AvgIpc) is 2.96. The van der Waals surface area contributed by atoms with Gasteiger partial charge in [-0.05, 0) is 24.7 Å². The van der Waals surface area contributed by atoms with Crippen LogP contribution in [0.3, 0.4) is 0 Å². The number of ether oxygens (including phenoxy) is 1. The Hall–Kier alpha value is -1.79. The van der Waals surface area contributed by atoms with Gasteiger partial charge >= 0.3 is 18.0 Å². The van der Waals surface area contributed by atoms with Crippen molar-refractivity contribution in [2.75, 3.05) is 27.2 Å². The predicted molar refractivity (Wildman–Crippen MR) is 69.0 cm³/mol. The van der Waals surface area contributed by atoms with Gasteiger partial charge in [0.2, 0.25) is 0 Å². The largest absolute Gasteiger partial charge is 0.480 e. The molecule has 20 heavy (non-hydrogen) atoms. The van der Waals surface area contributed by atoms with Gasteiger partial charge < -0.3 is 19.6 Å². The lowest BCUT2D eigenvalue weighted by Crippen LogP contribution is -2.49. The Bertz CT molecular complexity index is 425. The van der Waals surface area contributed by atoms with Crippen LogP contribution in [0, 0.1) is 11.8 Å². The molecular formula is C13H20N2O5. The first kappa shape index (κ1) is 14.6. The molecule has 0 spiro atoms. The Morgan fingerprint density at radius 2 is 2.05 bits per heavy atom. The van der Waals surface area contributed by atoms with Gasteiger partial charge in [0.05, 0.1) is 7.11 Å². The molecule has 2 amide bonds. The van der Waals surface area contributed by atoms with Crippen molar-refractivity contribution in [2.45, 2.75) is 25.3 Å². The third-order valence-corrected chi connectivity index (χ3v) is 4.31. The third-order valence-electron chi connectivity index (χ3n) is 4.31. The van der Waals surface area contributed by atoms with Crippen molar-refractivity contribution in [3.8, 4) is 0 Å². The maximum atomic E-state index is 12.3. The first-order valence-corrected chi connectivity index (χ1v) is 6.77. The molecular weight excluding hydrogens is 264 g/mol. The molecule has 0 bridgehead atoms. The van der Waals surface area contributed by atoms with Crippen LogP contribution >= 0.6 is 0 Å². The van der Waals surface area contributed by atoms with Gasteiger partial charge in [0, 0.05) is 13.6 Å². The number of likely N-dealkylation sites (tertiary alicyclic amines) is 1. The summed E-state index contributed by atoms with van der Waals surface area (Å²) in [6.45, 7) is 0.291. The zero-order chi connectivity index (χ0) is 14.9. The highest BCUT2D eigenvalue weighted by Gasteiger charge is 2.50. The van der Waals surface area contributed by atoms with E-state index in [1.54, 1.807) is 0 Å². The Kier molecular flexibility index (Phi) is 4.15. The van der Waals surface area contributed by atoms with E-state index in [1.807, 2.05) is 0 Å². The monoisotopic (exact) mass is 284 g/mol. The molecule has 112 valence electrons. The zero-order valence-electron chi connectivity index (χ0n) is 11.7. The number of fused-ring (bicyclic) bond motifs is 1. The van der Waals surface area contributed by atoms with Crippen LogP contribution in [-0.4, -0.2) is 66.2 Å². The Morgan fingerprint density at radius 1 is 1.35 bits per heavy atom. The summed E-state index contributed by atoms with van der Waals surface area (Å²) in [7, 11) is 2.73. The van der Waals surface area contributed by atoms with Crippen molar-refractivity contribution in [3.63, 3.8) is 0 Å². The number of carboxylic acid groups (broad SMARTS) is 1. The lowest BCUT2D eigenvalue weighted by atomic mass is 9.94. The number of rotatable bonds is 3. The fourth-order valence-corrected chi connectivity index (χ4v) is 3.36. The summed E-state index contributed by atoms with van der Waals surface area (Å²) < 4.78 is 4.51. The van der Waals surface area contributed by atoms with E-state index >= 15 is 0 Å². The molecule has 1 saturated heterocycles. The highest BCUT2D eigenvalue weighted by Crippen LogP contribution is 2.42. The maximum absolute atomic E-state index is 12.3. The maximum Gasteiger partial charge on any atom is 0.326 e. The van der Waals surface area contributed by atoms with Crippen molar-refractivity contribution >= 4 is 18.0 Å². The van der Waals surface area contributed by atoms with E-state index in [0.29, 0.717) is 6.54 Å². The smallest absolute Gasteiger partial charge is 0.326 e. The van der Waals surface area contributed by atoms with Gasteiger partial charge in [-0.15, -0.1) is 0 Å². The summed E-state index contributed by atoms with van der Waals surface area (Å²) in [5, 5.41) is 9.39. The van der Waals surface area contributed by atoms with E-state index in [9.17, 15) is 19.5 Å². The molecule has 1 N–H and O–H groups in total. The van der Waals surface area contributed by atoms with E-state index in [4.69, 9.17) is 0 Å². The summed E-state index contributed by atoms with van der Waals surface area (Å²) in [4.78, 5) is 37.6. The van der Waals surface area contributed by atoms with Gasteiger partial charge in [-0.25, -0.2) is 9.59 Å². The lowest BCUT2D eigenvalue weighted by molar-refractivity contribution is -0.142. The molecule has 1 aliphatic carbocycles. The third kappa shape index (κ3) is 2.57. The first-order valence-electron chi connectivity index (χ1n) is 6.77. The minimum Gasteiger partial charge on any atom is -0.480 e. The molecule has 3 unspecified atom stereocenters. The topological polar surface area (TPSA) is 87.2 Å². The molecule has 7 nitrogen and oxygen atoms in total. The molecule has 1 saturated carbocycles. The second-order valence-corrected chi connectivity index (χ2v) is 5.51. The van der Waals surface area contributed by atoms with E-state index in [-0.39, 0.29) is 18.4 Å². The summed E-state index contributed by atoms with van der Waals surface area (Å²) >= 11 is 0. The number of amides is 2. The van der Waals surface area contributed by atoms with Crippen molar-refractivity contribution in [1.82, 2.24) is 9.80 Å².